The van der Waals surface area contributed by atoms with Gasteiger partial charge in [-0.3, -0.25) is 10.1 Å². The van der Waals surface area contributed by atoms with Crippen molar-refractivity contribution >= 4 is 51.7 Å². The SMILES string of the molecule is CCCc1nnc(NC(=O)/C(C#N)=C\c2cccn2-c2ccc(Cl)c(Cl)c2)s1. The second-order valence-corrected chi connectivity index (χ2v) is 7.65. The van der Waals surface area contributed by atoms with E-state index in [0.29, 0.717) is 20.9 Å². The van der Waals surface area contributed by atoms with Crippen molar-refractivity contribution in [3.63, 3.8) is 0 Å². The van der Waals surface area contributed by atoms with Gasteiger partial charge in [0.25, 0.3) is 5.91 Å². The van der Waals surface area contributed by atoms with Crippen LogP contribution >= 0.6 is 34.5 Å². The number of hydrogen-bond donors (Lipinski definition) is 1. The van der Waals surface area contributed by atoms with Crippen LogP contribution in [0.5, 0.6) is 0 Å². The van der Waals surface area contributed by atoms with Crippen LogP contribution in [0.3, 0.4) is 0 Å². The molecule has 28 heavy (non-hydrogen) atoms. The van der Waals surface area contributed by atoms with Crippen molar-refractivity contribution in [3.05, 3.63) is 62.8 Å². The maximum absolute atomic E-state index is 12.5. The summed E-state index contributed by atoms with van der Waals surface area (Å²) < 4.78 is 1.80. The molecule has 0 saturated heterocycles. The summed E-state index contributed by atoms with van der Waals surface area (Å²) in [6, 6.07) is 10.7. The summed E-state index contributed by atoms with van der Waals surface area (Å²) in [6.45, 7) is 2.04. The van der Waals surface area contributed by atoms with Crippen LogP contribution in [0.25, 0.3) is 11.8 Å². The first-order chi connectivity index (χ1) is 13.5. The van der Waals surface area contributed by atoms with E-state index in [4.69, 9.17) is 23.2 Å². The van der Waals surface area contributed by atoms with Gasteiger partial charge < -0.3 is 4.57 Å². The van der Waals surface area contributed by atoms with Gasteiger partial charge in [0.1, 0.15) is 16.6 Å². The highest BCUT2D eigenvalue weighted by atomic mass is 35.5. The number of halogens is 2. The molecule has 2 heterocycles. The van der Waals surface area contributed by atoms with Crippen LogP contribution in [-0.2, 0) is 11.2 Å². The van der Waals surface area contributed by atoms with Crippen molar-refractivity contribution in [2.45, 2.75) is 19.8 Å². The van der Waals surface area contributed by atoms with Crippen molar-refractivity contribution in [1.29, 1.82) is 5.26 Å². The average Bonchev–Trinajstić information content (AvgIpc) is 3.31. The lowest BCUT2D eigenvalue weighted by atomic mass is 10.2. The number of aromatic nitrogens is 3. The summed E-state index contributed by atoms with van der Waals surface area (Å²) in [7, 11) is 0. The Morgan fingerprint density at radius 3 is 2.86 bits per heavy atom. The maximum atomic E-state index is 12.5. The van der Waals surface area contributed by atoms with Crippen LogP contribution in [-0.4, -0.2) is 20.7 Å². The van der Waals surface area contributed by atoms with E-state index < -0.39 is 5.91 Å². The minimum absolute atomic E-state index is 0.0488. The van der Waals surface area contributed by atoms with Crippen LogP contribution in [0.2, 0.25) is 10.0 Å². The molecule has 6 nitrogen and oxygen atoms in total. The van der Waals surface area contributed by atoms with Crippen molar-refractivity contribution in [3.8, 4) is 11.8 Å². The molecule has 0 bridgehead atoms. The Morgan fingerprint density at radius 1 is 1.32 bits per heavy atom. The quantitative estimate of drug-likeness (QED) is 0.432. The number of benzene rings is 1. The van der Waals surface area contributed by atoms with Gasteiger partial charge in [-0.05, 0) is 42.8 Å². The first-order valence-corrected chi connectivity index (χ1v) is 9.97. The third kappa shape index (κ3) is 4.60. The van der Waals surface area contributed by atoms with Crippen LogP contribution in [0.1, 0.15) is 24.0 Å². The predicted molar refractivity (Wildman–Crippen MR) is 112 cm³/mol. The molecule has 0 atom stereocenters. The maximum Gasteiger partial charge on any atom is 0.268 e. The lowest BCUT2D eigenvalue weighted by molar-refractivity contribution is -0.112. The Morgan fingerprint density at radius 2 is 2.14 bits per heavy atom. The fourth-order valence-corrected chi connectivity index (χ4v) is 3.59. The molecule has 9 heteroatoms. The Bertz CT molecular complexity index is 1080. The van der Waals surface area contributed by atoms with E-state index in [1.54, 1.807) is 35.0 Å². The zero-order valence-electron chi connectivity index (χ0n) is 14.8. The van der Waals surface area contributed by atoms with Crippen molar-refractivity contribution in [2.24, 2.45) is 0 Å². The Balaban J connectivity index is 1.84. The normalized spacial score (nSPS) is 11.3. The summed E-state index contributed by atoms with van der Waals surface area (Å²) in [5.41, 5.74) is 1.36. The molecule has 0 aliphatic rings. The number of hydrogen-bond acceptors (Lipinski definition) is 5. The standard InChI is InChI=1S/C19H15Cl2N5OS/c1-2-4-17-24-25-19(28-17)23-18(27)12(11-22)9-13-5-3-8-26(13)14-6-7-15(20)16(21)10-14/h3,5-10H,2,4H2,1H3,(H,23,25,27)/b12-9-. The molecule has 0 radical (unpaired) electrons. The van der Waals surface area contributed by atoms with Crippen LogP contribution in [0.15, 0.2) is 42.1 Å². The van der Waals surface area contributed by atoms with E-state index >= 15 is 0 Å². The van der Waals surface area contributed by atoms with Gasteiger partial charge in [-0.1, -0.05) is 41.5 Å². The predicted octanol–water partition coefficient (Wildman–Crippen LogP) is 5.13. The number of nitrogens with zero attached hydrogens (tertiary/aromatic N) is 4. The second-order valence-electron chi connectivity index (χ2n) is 5.78. The molecule has 0 spiro atoms. The van der Waals surface area contributed by atoms with E-state index in [1.165, 1.54) is 17.4 Å². The molecule has 0 saturated carbocycles. The largest absolute Gasteiger partial charge is 0.317 e. The van der Waals surface area contributed by atoms with Crippen LogP contribution < -0.4 is 5.32 Å². The molecule has 3 rings (SSSR count). The molecule has 1 amide bonds. The third-order valence-electron chi connectivity index (χ3n) is 3.77. The van der Waals surface area contributed by atoms with E-state index in [1.807, 2.05) is 19.1 Å². The summed E-state index contributed by atoms with van der Waals surface area (Å²) in [5, 5.41) is 22.1. The first kappa shape index (κ1) is 20.1. The molecule has 1 aromatic carbocycles. The number of anilines is 1. The van der Waals surface area contributed by atoms with Crippen molar-refractivity contribution in [1.82, 2.24) is 14.8 Å². The highest BCUT2D eigenvalue weighted by Gasteiger charge is 2.14. The molecule has 0 aliphatic heterocycles. The molecular weight excluding hydrogens is 417 g/mol. The number of aryl methyl sites for hydroxylation is 1. The number of nitriles is 1. The topological polar surface area (TPSA) is 83.6 Å². The lowest BCUT2D eigenvalue weighted by Gasteiger charge is -2.08. The van der Waals surface area contributed by atoms with Crippen LogP contribution in [0, 0.1) is 11.3 Å². The monoisotopic (exact) mass is 431 g/mol. The van der Waals surface area contributed by atoms with Crippen molar-refractivity contribution < 1.29 is 4.79 Å². The molecule has 1 N–H and O–H groups in total. The van der Waals surface area contributed by atoms with Gasteiger partial charge in [0, 0.05) is 24.0 Å². The van der Waals surface area contributed by atoms with E-state index in [-0.39, 0.29) is 5.57 Å². The fourth-order valence-electron chi connectivity index (χ4n) is 2.46. The minimum Gasteiger partial charge on any atom is -0.317 e. The number of carbonyl (C=O) groups is 1. The summed E-state index contributed by atoms with van der Waals surface area (Å²) in [4.78, 5) is 12.5. The lowest BCUT2D eigenvalue weighted by Crippen LogP contribution is -2.13. The number of carbonyl (C=O) groups excluding carboxylic acids is 1. The number of amides is 1. The Hall–Kier alpha value is -2.66. The summed E-state index contributed by atoms with van der Waals surface area (Å²) >= 11 is 13.4. The van der Waals surface area contributed by atoms with Gasteiger partial charge >= 0.3 is 0 Å². The van der Waals surface area contributed by atoms with Gasteiger partial charge in [0.15, 0.2) is 0 Å². The molecule has 0 fully saturated rings. The van der Waals surface area contributed by atoms with Gasteiger partial charge in [-0.25, -0.2) is 0 Å². The fraction of sp³-hybridized carbons (Fsp3) is 0.158. The first-order valence-electron chi connectivity index (χ1n) is 8.40. The molecule has 2 aromatic heterocycles. The number of rotatable bonds is 6. The zero-order valence-corrected chi connectivity index (χ0v) is 17.1. The smallest absolute Gasteiger partial charge is 0.268 e. The summed E-state index contributed by atoms with van der Waals surface area (Å²) in [6.07, 6.45) is 5.05. The zero-order chi connectivity index (χ0) is 20.1. The highest BCUT2D eigenvalue weighted by Crippen LogP contribution is 2.26. The molecule has 0 aliphatic carbocycles. The Labute approximate surface area is 176 Å². The van der Waals surface area contributed by atoms with E-state index in [9.17, 15) is 10.1 Å². The second kappa shape index (κ2) is 9.02. The van der Waals surface area contributed by atoms with Gasteiger partial charge in [-0.15, -0.1) is 10.2 Å². The third-order valence-corrected chi connectivity index (χ3v) is 5.41. The molecule has 142 valence electrons. The van der Waals surface area contributed by atoms with Crippen molar-refractivity contribution in [2.75, 3.05) is 5.32 Å². The summed E-state index contributed by atoms with van der Waals surface area (Å²) in [5.74, 6) is -0.538. The van der Waals surface area contributed by atoms with Gasteiger partial charge in [0.2, 0.25) is 5.13 Å². The Kier molecular flexibility index (Phi) is 6.47. The van der Waals surface area contributed by atoms with Crippen LogP contribution in [0.4, 0.5) is 5.13 Å². The van der Waals surface area contributed by atoms with E-state index in [2.05, 4.69) is 15.5 Å². The minimum atomic E-state index is -0.538. The molecular formula is C19H15Cl2N5OS. The van der Waals surface area contributed by atoms with E-state index in [0.717, 1.165) is 23.5 Å². The highest BCUT2D eigenvalue weighted by molar-refractivity contribution is 7.15. The van der Waals surface area contributed by atoms with Gasteiger partial charge in [0.05, 0.1) is 10.0 Å². The number of nitrogens with one attached hydrogen (secondary N) is 1. The van der Waals surface area contributed by atoms with Gasteiger partial charge in [-0.2, -0.15) is 5.26 Å². The molecule has 3 aromatic rings. The molecule has 0 unspecified atom stereocenters. The average molecular weight is 432 g/mol.